The molecule has 0 saturated heterocycles. The van der Waals surface area contributed by atoms with E-state index in [9.17, 15) is 0 Å². The van der Waals surface area contributed by atoms with E-state index in [4.69, 9.17) is 10.5 Å². The summed E-state index contributed by atoms with van der Waals surface area (Å²) in [5.41, 5.74) is 9.81. The molecule has 0 saturated carbocycles. The summed E-state index contributed by atoms with van der Waals surface area (Å²) in [5.74, 6) is 0.849. The molecule has 2 aromatic carbocycles. The van der Waals surface area contributed by atoms with Gasteiger partial charge < -0.3 is 10.5 Å². The van der Waals surface area contributed by atoms with Crippen LogP contribution in [0.1, 0.15) is 0 Å². The van der Waals surface area contributed by atoms with Gasteiger partial charge in [-0.25, -0.2) is 0 Å². The molecule has 0 aliphatic carbocycles. The molecule has 0 radical (unpaired) electrons. The summed E-state index contributed by atoms with van der Waals surface area (Å²) in [7, 11) is 1.66. The third-order valence-corrected chi connectivity index (χ3v) is 3.17. The molecule has 0 aliphatic rings. The molecule has 94 valence electrons. The molecule has 1 heterocycles. The van der Waals surface area contributed by atoms with Crippen molar-refractivity contribution >= 4 is 16.6 Å². The van der Waals surface area contributed by atoms with Gasteiger partial charge in [0, 0.05) is 17.3 Å². The predicted molar refractivity (Wildman–Crippen MR) is 78.1 cm³/mol. The van der Waals surface area contributed by atoms with E-state index < -0.39 is 0 Å². The Kier molecular flexibility index (Phi) is 2.80. The number of fused-ring (bicyclic) bond motifs is 1. The molecule has 0 unspecified atom stereocenters. The van der Waals surface area contributed by atoms with E-state index in [0.717, 1.165) is 33.5 Å². The first-order valence-corrected chi connectivity index (χ1v) is 6.06. The highest BCUT2D eigenvalue weighted by molar-refractivity contribution is 5.95. The van der Waals surface area contributed by atoms with Gasteiger partial charge in [0.25, 0.3) is 0 Å². The first-order valence-electron chi connectivity index (χ1n) is 6.06. The predicted octanol–water partition coefficient (Wildman–Crippen LogP) is 3.49. The minimum absolute atomic E-state index is 0.746. The van der Waals surface area contributed by atoms with Crippen LogP contribution in [0.2, 0.25) is 0 Å². The van der Waals surface area contributed by atoms with E-state index in [1.807, 2.05) is 54.7 Å². The molecule has 0 aliphatic heterocycles. The zero-order valence-corrected chi connectivity index (χ0v) is 10.6. The van der Waals surface area contributed by atoms with Gasteiger partial charge in [-0.05, 0) is 47.5 Å². The topological polar surface area (TPSA) is 48.1 Å². The summed E-state index contributed by atoms with van der Waals surface area (Å²) in [6.45, 7) is 0. The highest BCUT2D eigenvalue weighted by atomic mass is 16.5. The Morgan fingerprint density at radius 3 is 2.53 bits per heavy atom. The highest BCUT2D eigenvalue weighted by Crippen LogP contribution is 2.29. The number of nitrogens with two attached hydrogens (primary N) is 1. The first-order chi connectivity index (χ1) is 9.28. The van der Waals surface area contributed by atoms with Gasteiger partial charge >= 0.3 is 0 Å². The van der Waals surface area contributed by atoms with Gasteiger partial charge in [-0.2, -0.15) is 0 Å². The summed E-state index contributed by atoms with van der Waals surface area (Å²) in [4.78, 5) is 4.36. The highest BCUT2D eigenvalue weighted by Gasteiger charge is 2.05. The van der Waals surface area contributed by atoms with Gasteiger partial charge in [0.1, 0.15) is 5.75 Å². The molecular weight excluding hydrogens is 236 g/mol. The molecule has 3 nitrogen and oxygen atoms in total. The quantitative estimate of drug-likeness (QED) is 0.708. The van der Waals surface area contributed by atoms with Crippen molar-refractivity contribution < 1.29 is 4.74 Å². The van der Waals surface area contributed by atoms with Crippen LogP contribution in [0.5, 0.6) is 5.75 Å². The van der Waals surface area contributed by atoms with Gasteiger partial charge in [-0.15, -0.1) is 0 Å². The number of hydrogen-bond donors (Lipinski definition) is 1. The zero-order valence-electron chi connectivity index (χ0n) is 10.6. The van der Waals surface area contributed by atoms with Crippen LogP contribution in [0.4, 0.5) is 5.69 Å². The Labute approximate surface area is 111 Å². The summed E-state index contributed by atoms with van der Waals surface area (Å²) < 4.78 is 5.18. The standard InChI is InChI=1S/C16H14N2O/c1-19-13-5-2-11(3-6-13)14-8-9-18-16-7-4-12(17)10-15(14)16/h2-10H,17H2,1H3. The van der Waals surface area contributed by atoms with Crippen LogP contribution in [-0.2, 0) is 0 Å². The van der Waals surface area contributed by atoms with E-state index >= 15 is 0 Å². The number of rotatable bonds is 2. The van der Waals surface area contributed by atoms with Crippen molar-refractivity contribution in [3.63, 3.8) is 0 Å². The van der Waals surface area contributed by atoms with Gasteiger partial charge in [-0.1, -0.05) is 12.1 Å². The summed E-state index contributed by atoms with van der Waals surface area (Å²) in [5, 5.41) is 1.06. The summed E-state index contributed by atoms with van der Waals surface area (Å²) in [6.07, 6.45) is 1.82. The molecule has 3 heteroatoms. The largest absolute Gasteiger partial charge is 0.497 e. The average Bonchev–Trinajstić information content (AvgIpc) is 2.47. The maximum atomic E-state index is 5.87. The number of aromatic nitrogens is 1. The second-order valence-electron chi connectivity index (χ2n) is 4.36. The zero-order chi connectivity index (χ0) is 13.2. The van der Waals surface area contributed by atoms with Gasteiger partial charge in [0.2, 0.25) is 0 Å². The third kappa shape index (κ3) is 2.10. The average molecular weight is 250 g/mol. The maximum absolute atomic E-state index is 5.87. The lowest BCUT2D eigenvalue weighted by Crippen LogP contribution is -1.88. The number of pyridine rings is 1. The van der Waals surface area contributed by atoms with Crippen molar-refractivity contribution in [2.45, 2.75) is 0 Å². The van der Waals surface area contributed by atoms with Crippen LogP contribution in [0, 0.1) is 0 Å². The smallest absolute Gasteiger partial charge is 0.118 e. The number of benzene rings is 2. The second kappa shape index (κ2) is 4.61. The number of anilines is 1. The summed E-state index contributed by atoms with van der Waals surface area (Å²) >= 11 is 0. The number of methoxy groups -OCH3 is 1. The molecule has 0 atom stereocenters. The van der Waals surface area contributed by atoms with Crippen molar-refractivity contribution in [3.8, 4) is 16.9 Å². The normalized spacial score (nSPS) is 10.6. The molecule has 2 N–H and O–H groups in total. The van der Waals surface area contributed by atoms with E-state index in [1.165, 1.54) is 0 Å². The molecule has 3 rings (SSSR count). The van der Waals surface area contributed by atoms with Gasteiger partial charge in [-0.3, -0.25) is 4.98 Å². The van der Waals surface area contributed by atoms with Crippen LogP contribution in [-0.4, -0.2) is 12.1 Å². The van der Waals surface area contributed by atoms with Crippen molar-refractivity contribution in [3.05, 3.63) is 54.7 Å². The molecule has 0 bridgehead atoms. The Balaban J connectivity index is 2.20. The lowest BCUT2D eigenvalue weighted by Gasteiger charge is -2.08. The van der Waals surface area contributed by atoms with E-state index in [0.29, 0.717) is 0 Å². The lowest BCUT2D eigenvalue weighted by molar-refractivity contribution is 0.415. The van der Waals surface area contributed by atoms with Crippen LogP contribution >= 0.6 is 0 Å². The van der Waals surface area contributed by atoms with Crippen molar-refractivity contribution in [1.29, 1.82) is 0 Å². The van der Waals surface area contributed by atoms with E-state index in [1.54, 1.807) is 7.11 Å². The number of ether oxygens (including phenoxy) is 1. The fourth-order valence-corrected chi connectivity index (χ4v) is 2.19. The van der Waals surface area contributed by atoms with Crippen LogP contribution < -0.4 is 10.5 Å². The third-order valence-electron chi connectivity index (χ3n) is 3.17. The minimum atomic E-state index is 0.746. The Bertz CT molecular complexity index is 720. The number of nitrogens with zero attached hydrogens (tertiary/aromatic N) is 1. The van der Waals surface area contributed by atoms with Crippen molar-refractivity contribution in [1.82, 2.24) is 4.98 Å². The van der Waals surface area contributed by atoms with Crippen LogP contribution in [0.3, 0.4) is 0 Å². The monoisotopic (exact) mass is 250 g/mol. The number of hydrogen-bond acceptors (Lipinski definition) is 3. The van der Waals surface area contributed by atoms with Gasteiger partial charge in [0.05, 0.1) is 12.6 Å². The molecular formula is C16H14N2O. The Morgan fingerprint density at radius 2 is 1.79 bits per heavy atom. The molecule has 0 amide bonds. The molecule has 3 aromatic rings. The van der Waals surface area contributed by atoms with Crippen LogP contribution in [0.25, 0.3) is 22.0 Å². The first kappa shape index (κ1) is 11.5. The van der Waals surface area contributed by atoms with Crippen LogP contribution in [0.15, 0.2) is 54.7 Å². The SMILES string of the molecule is COc1ccc(-c2ccnc3ccc(N)cc23)cc1. The summed E-state index contributed by atoms with van der Waals surface area (Å²) in [6, 6.07) is 15.8. The molecule has 1 aromatic heterocycles. The second-order valence-corrected chi connectivity index (χ2v) is 4.36. The lowest BCUT2D eigenvalue weighted by atomic mass is 10.0. The Hall–Kier alpha value is -2.55. The fraction of sp³-hybridized carbons (Fsp3) is 0.0625. The molecule has 19 heavy (non-hydrogen) atoms. The maximum Gasteiger partial charge on any atom is 0.118 e. The van der Waals surface area contributed by atoms with Crippen molar-refractivity contribution in [2.24, 2.45) is 0 Å². The number of nitrogen functional groups attached to an aromatic ring is 1. The van der Waals surface area contributed by atoms with Crippen molar-refractivity contribution in [2.75, 3.05) is 12.8 Å². The minimum Gasteiger partial charge on any atom is -0.497 e. The van der Waals surface area contributed by atoms with E-state index in [-0.39, 0.29) is 0 Å². The molecule has 0 spiro atoms. The van der Waals surface area contributed by atoms with E-state index in [2.05, 4.69) is 4.98 Å². The Morgan fingerprint density at radius 1 is 1.00 bits per heavy atom. The molecule has 0 fully saturated rings. The fourth-order valence-electron chi connectivity index (χ4n) is 2.19. The van der Waals surface area contributed by atoms with Gasteiger partial charge in [0.15, 0.2) is 0 Å².